The zero-order valence-corrected chi connectivity index (χ0v) is 9.50. The summed E-state index contributed by atoms with van der Waals surface area (Å²) in [4.78, 5) is 12.3. The predicted molar refractivity (Wildman–Crippen MR) is 66.9 cm³/mol. The molecule has 4 N–H and O–H groups in total. The lowest BCUT2D eigenvalue weighted by Crippen LogP contribution is -2.22. The molecule has 1 aromatic carbocycles. The molecule has 1 unspecified atom stereocenters. The lowest BCUT2D eigenvalue weighted by molar-refractivity contribution is -0.383. The molecule has 1 aliphatic rings. The van der Waals surface area contributed by atoms with Crippen molar-refractivity contribution < 1.29 is 4.92 Å². The molecule has 0 saturated carbocycles. The van der Waals surface area contributed by atoms with Gasteiger partial charge in [0.25, 0.3) is 5.69 Å². The molecular formula is C11H16N4O2. The summed E-state index contributed by atoms with van der Waals surface area (Å²) in [7, 11) is 0. The monoisotopic (exact) mass is 236 g/mol. The molecule has 2 rings (SSSR count). The van der Waals surface area contributed by atoms with Gasteiger partial charge in [0.15, 0.2) is 0 Å². The number of hydrogen-bond acceptors (Lipinski definition) is 5. The summed E-state index contributed by atoms with van der Waals surface area (Å²) in [5.41, 5.74) is 12.4. The van der Waals surface area contributed by atoms with Gasteiger partial charge in [-0.2, -0.15) is 0 Å². The maximum absolute atomic E-state index is 10.6. The Morgan fingerprint density at radius 3 is 2.82 bits per heavy atom. The average molecular weight is 236 g/mol. The van der Waals surface area contributed by atoms with Gasteiger partial charge < -0.3 is 16.4 Å². The number of anilines is 2. The highest BCUT2D eigenvalue weighted by Gasteiger charge is 2.22. The van der Waals surface area contributed by atoms with E-state index in [1.54, 1.807) is 12.1 Å². The maximum Gasteiger partial charge on any atom is 0.292 e. The largest absolute Gasteiger partial charge is 0.393 e. The van der Waals surface area contributed by atoms with Crippen LogP contribution in [0.2, 0.25) is 0 Å². The van der Waals surface area contributed by atoms with E-state index in [1.165, 1.54) is 6.07 Å². The smallest absolute Gasteiger partial charge is 0.292 e. The fourth-order valence-electron chi connectivity index (χ4n) is 2.16. The topological polar surface area (TPSA) is 98.4 Å². The molecule has 1 aliphatic heterocycles. The van der Waals surface area contributed by atoms with Gasteiger partial charge in [0.2, 0.25) is 0 Å². The van der Waals surface area contributed by atoms with Crippen molar-refractivity contribution >= 4 is 17.1 Å². The standard InChI is InChI=1S/C11H16N4O2/c12-6-8-3-4-14(7-8)9-1-2-11(15(16)17)10(13)5-9/h1-2,5,8H,3-4,6-7,12-13H2. The molecule has 0 bridgehead atoms. The molecule has 0 aromatic heterocycles. The van der Waals surface area contributed by atoms with Gasteiger partial charge >= 0.3 is 0 Å². The van der Waals surface area contributed by atoms with Crippen molar-refractivity contribution in [3.63, 3.8) is 0 Å². The Labute approximate surface area is 99.3 Å². The Kier molecular flexibility index (Phi) is 3.14. The molecule has 17 heavy (non-hydrogen) atoms. The highest BCUT2D eigenvalue weighted by atomic mass is 16.6. The first kappa shape index (κ1) is 11.7. The van der Waals surface area contributed by atoms with Crippen LogP contribution in [0.1, 0.15) is 6.42 Å². The van der Waals surface area contributed by atoms with Crippen LogP contribution in [0.5, 0.6) is 0 Å². The minimum Gasteiger partial charge on any atom is -0.393 e. The SMILES string of the molecule is NCC1CCN(c2ccc([N+](=O)[O-])c(N)c2)C1. The van der Waals surface area contributed by atoms with Gasteiger partial charge in [0.05, 0.1) is 4.92 Å². The van der Waals surface area contributed by atoms with Gasteiger partial charge in [-0.1, -0.05) is 0 Å². The maximum atomic E-state index is 10.6. The molecule has 1 saturated heterocycles. The number of nitrogen functional groups attached to an aromatic ring is 1. The average Bonchev–Trinajstić information content (AvgIpc) is 2.76. The summed E-state index contributed by atoms with van der Waals surface area (Å²) in [6.07, 6.45) is 1.06. The Morgan fingerprint density at radius 1 is 1.53 bits per heavy atom. The zero-order valence-electron chi connectivity index (χ0n) is 9.50. The first-order valence-electron chi connectivity index (χ1n) is 5.60. The number of nitrogens with zero attached hydrogens (tertiary/aromatic N) is 2. The second kappa shape index (κ2) is 4.58. The summed E-state index contributed by atoms with van der Waals surface area (Å²) in [6.45, 7) is 2.51. The van der Waals surface area contributed by atoms with Crippen LogP contribution in [0.15, 0.2) is 18.2 Å². The minimum atomic E-state index is -0.466. The molecule has 0 aliphatic carbocycles. The lowest BCUT2D eigenvalue weighted by atomic mass is 10.1. The number of nitro benzene ring substituents is 1. The van der Waals surface area contributed by atoms with Crippen LogP contribution in [0.3, 0.4) is 0 Å². The van der Waals surface area contributed by atoms with Crippen LogP contribution in [-0.4, -0.2) is 24.6 Å². The molecule has 6 nitrogen and oxygen atoms in total. The molecule has 1 heterocycles. The second-order valence-corrected chi connectivity index (χ2v) is 4.34. The van der Waals surface area contributed by atoms with Gasteiger partial charge in [0.1, 0.15) is 5.69 Å². The highest BCUT2D eigenvalue weighted by molar-refractivity contribution is 5.66. The van der Waals surface area contributed by atoms with Crippen LogP contribution in [0, 0.1) is 16.0 Å². The molecular weight excluding hydrogens is 220 g/mol. The molecule has 92 valence electrons. The summed E-state index contributed by atoms with van der Waals surface area (Å²) in [6, 6.07) is 4.87. The van der Waals surface area contributed by atoms with E-state index in [-0.39, 0.29) is 11.4 Å². The van der Waals surface area contributed by atoms with Crippen molar-refractivity contribution in [1.29, 1.82) is 0 Å². The number of rotatable bonds is 3. The van der Waals surface area contributed by atoms with Crippen LogP contribution in [0.25, 0.3) is 0 Å². The molecule has 1 fully saturated rings. The van der Waals surface area contributed by atoms with Gasteiger partial charge in [-0.3, -0.25) is 10.1 Å². The molecule has 1 atom stereocenters. The van der Waals surface area contributed by atoms with E-state index in [1.807, 2.05) is 0 Å². The second-order valence-electron chi connectivity index (χ2n) is 4.34. The van der Waals surface area contributed by atoms with Gasteiger partial charge in [0, 0.05) is 24.8 Å². The van der Waals surface area contributed by atoms with Crippen molar-refractivity contribution in [2.75, 3.05) is 30.3 Å². The quantitative estimate of drug-likeness (QED) is 0.462. The van der Waals surface area contributed by atoms with Crippen molar-refractivity contribution in [2.24, 2.45) is 11.7 Å². The van der Waals surface area contributed by atoms with Gasteiger partial charge in [-0.15, -0.1) is 0 Å². The highest BCUT2D eigenvalue weighted by Crippen LogP contribution is 2.29. The number of nitrogens with two attached hydrogens (primary N) is 2. The van der Waals surface area contributed by atoms with E-state index in [2.05, 4.69) is 4.90 Å². The van der Waals surface area contributed by atoms with Gasteiger partial charge in [-0.25, -0.2) is 0 Å². The minimum absolute atomic E-state index is 0.0386. The first-order chi connectivity index (χ1) is 8.11. The molecule has 6 heteroatoms. The normalized spacial score (nSPS) is 19.6. The third-order valence-electron chi connectivity index (χ3n) is 3.19. The lowest BCUT2D eigenvalue weighted by Gasteiger charge is -2.18. The molecule has 1 aromatic rings. The van der Waals surface area contributed by atoms with Crippen LogP contribution in [-0.2, 0) is 0 Å². The van der Waals surface area contributed by atoms with E-state index >= 15 is 0 Å². The molecule has 0 radical (unpaired) electrons. The first-order valence-corrected chi connectivity index (χ1v) is 5.60. The van der Waals surface area contributed by atoms with E-state index in [9.17, 15) is 10.1 Å². The van der Waals surface area contributed by atoms with Crippen LogP contribution in [0.4, 0.5) is 17.1 Å². The van der Waals surface area contributed by atoms with E-state index in [4.69, 9.17) is 11.5 Å². The van der Waals surface area contributed by atoms with Crippen LogP contribution >= 0.6 is 0 Å². The fourth-order valence-corrected chi connectivity index (χ4v) is 2.16. The Hall–Kier alpha value is -1.82. The summed E-state index contributed by atoms with van der Waals surface area (Å²) >= 11 is 0. The van der Waals surface area contributed by atoms with E-state index in [0.717, 1.165) is 25.2 Å². The predicted octanol–water partition coefficient (Wildman–Crippen LogP) is 0.962. The fraction of sp³-hybridized carbons (Fsp3) is 0.455. The Bertz CT molecular complexity index is 435. The Balaban J connectivity index is 2.18. The number of benzene rings is 1. The molecule has 0 amide bonds. The third-order valence-corrected chi connectivity index (χ3v) is 3.19. The molecule has 0 spiro atoms. The van der Waals surface area contributed by atoms with Crippen molar-refractivity contribution in [2.45, 2.75) is 6.42 Å². The van der Waals surface area contributed by atoms with Crippen molar-refractivity contribution in [3.8, 4) is 0 Å². The number of nitro groups is 1. The van der Waals surface area contributed by atoms with Gasteiger partial charge in [-0.05, 0) is 31.0 Å². The van der Waals surface area contributed by atoms with Crippen LogP contribution < -0.4 is 16.4 Å². The van der Waals surface area contributed by atoms with E-state index in [0.29, 0.717) is 12.5 Å². The van der Waals surface area contributed by atoms with Crippen molar-refractivity contribution in [3.05, 3.63) is 28.3 Å². The third kappa shape index (κ3) is 2.31. The summed E-state index contributed by atoms with van der Waals surface area (Å²) < 4.78 is 0. The zero-order chi connectivity index (χ0) is 12.4. The van der Waals surface area contributed by atoms with E-state index < -0.39 is 4.92 Å². The summed E-state index contributed by atoms with van der Waals surface area (Å²) in [5, 5.41) is 10.6. The Morgan fingerprint density at radius 2 is 2.29 bits per heavy atom. The van der Waals surface area contributed by atoms with Crippen molar-refractivity contribution in [1.82, 2.24) is 0 Å². The number of hydrogen-bond donors (Lipinski definition) is 2. The summed E-state index contributed by atoms with van der Waals surface area (Å²) in [5.74, 6) is 0.506.